The van der Waals surface area contributed by atoms with Gasteiger partial charge in [-0.3, -0.25) is 4.79 Å². The molecule has 0 saturated heterocycles. The van der Waals surface area contributed by atoms with E-state index in [1.165, 1.54) is 18.2 Å². The molecule has 0 atom stereocenters. The molecule has 0 aliphatic heterocycles. The van der Waals surface area contributed by atoms with Gasteiger partial charge in [0.2, 0.25) is 10.0 Å². The maximum absolute atomic E-state index is 12.1. The number of sulfonamides is 1. The van der Waals surface area contributed by atoms with E-state index in [9.17, 15) is 13.2 Å². The van der Waals surface area contributed by atoms with E-state index in [-0.39, 0.29) is 27.3 Å². The summed E-state index contributed by atoms with van der Waals surface area (Å²) in [6.45, 7) is -0.337. The molecule has 0 radical (unpaired) electrons. The van der Waals surface area contributed by atoms with E-state index in [0.29, 0.717) is 5.56 Å². The summed E-state index contributed by atoms with van der Waals surface area (Å²) in [5.74, 6) is -0.327. The summed E-state index contributed by atoms with van der Waals surface area (Å²) >= 11 is 11.5. The van der Waals surface area contributed by atoms with Crippen molar-refractivity contribution in [1.82, 2.24) is 4.72 Å². The number of hydrogen-bond acceptors (Lipinski definition) is 3. The molecule has 0 saturated carbocycles. The smallest absolute Gasteiger partial charge is 0.241 e. The Hall–Kier alpha value is -1.40. The Morgan fingerprint density at radius 1 is 1.00 bits per heavy atom. The molecule has 0 aliphatic rings. The zero-order chi connectivity index (χ0) is 15.5. The number of ketones is 1. The van der Waals surface area contributed by atoms with Crippen molar-refractivity contribution in [3.05, 3.63) is 64.1 Å². The molecular weight excluding hydrogens is 333 g/mol. The Bertz CT molecular complexity index is 741. The lowest BCUT2D eigenvalue weighted by atomic mass is 10.1. The summed E-state index contributed by atoms with van der Waals surface area (Å²) in [4.78, 5) is 11.8. The molecule has 2 rings (SSSR count). The van der Waals surface area contributed by atoms with Crippen LogP contribution < -0.4 is 4.72 Å². The van der Waals surface area contributed by atoms with Crippen LogP contribution in [0.1, 0.15) is 10.4 Å². The zero-order valence-electron chi connectivity index (χ0n) is 10.7. The number of Topliss-reactive ketones (excluding diaryl/α,β-unsaturated/α-hetero) is 1. The molecule has 0 unspecified atom stereocenters. The van der Waals surface area contributed by atoms with Crippen LogP contribution in [-0.2, 0) is 10.0 Å². The number of nitrogens with one attached hydrogen (secondary N) is 1. The van der Waals surface area contributed by atoms with Gasteiger partial charge in [-0.2, -0.15) is 0 Å². The van der Waals surface area contributed by atoms with Crippen LogP contribution >= 0.6 is 23.2 Å². The SMILES string of the molecule is O=C(CNS(=O)(=O)c1cc(Cl)cc(Cl)c1)c1ccccc1. The average Bonchev–Trinajstić information content (AvgIpc) is 2.45. The molecule has 4 nitrogen and oxygen atoms in total. The second-order valence-electron chi connectivity index (χ2n) is 4.22. The van der Waals surface area contributed by atoms with Crippen molar-refractivity contribution in [2.45, 2.75) is 4.90 Å². The van der Waals surface area contributed by atoms with Gasteiger partial charge in [0, 0.05) is 15.6 Å². The van der Waals surface area contributed by atoms with Gasteiger partial charge in [0.1, 0.15) is 0 Å². The van der Waals surface area contributed by atoms with Crippen LogP contribution in [-0.4, -0.2) is 20.7 Å². The molecule has 0 aliphatic carbocycles. The second-order valence-corrected chi connectivity index (χ2v) is 6.86. The summed E-state index contributed by atoms with van der Waals surface area (Å²) < 4.78 is 26.4. The average molecular weight is 344 g/mol. The number of carbonyl (C=O) groups excluding carboxylic acids is 1. The lowest BCUT2D eigenvalue weighted by molar-refractivity contribution is 0.0997. The highest BCUT2D eigenvalue weighted by Crippen LogP contribution is 2.22. The molecule has 1 N–H and O–H groups in total. The maximum atomic E-state index is 12.1. The molecule has 0 bridgehead atoms. The minimum atomic E-state index is -3.85. The lowest BCUT2D eigenvalue weighted by Gasteiger charge is -2.07. The summed E-state index contributed by atoms with van der Waals surface area (Å²) in [7, 11) is -3.85. The van der Waals surface area contributed by atoms with Crippen molar-refractivity contribution in [2.24, 2.45) is 0 Å². The fourth-order valence-electron chi connectivity index (χ4n) is 1.65. The maximum Gasteiger partial charge on any atom is 0.241 e. The molecule has 0 heterocycles. The van der Waals surface area contributed by atoms with Gasteiger partial charge in [-0.1, -0.05) is 53.5 Å². The number of carbonyl (C=O) groups is 1. The van der Waals surface area contributed by atoms with Crippen molar-refractivity contribution in [3.8, 4) is 0 Å². The zero-order valence-corrected chi connectivity index (χ0v) is 13.0. The normalized spacial score (nSPS) is 11.3. The van der Waals surface area contributed by atoms with Crippen molar-refractivity contribution in [2.75, 3.05) is 6.54 Å². The van der Waals surface area contributed by atoms with Gasteiger partial charge in [0.05, 0.1) is 11.4 Å². The van der Waals surface area contributed by atoms with Gasteiger partial charge < -0.3 is 0 Å². The summed E-state index contributed by atoms with van der Waals surface area (Å²) in [5.41, 5.74) is 0.435. The van der Waals surface area contributed by atoms with Gasteiger partial charge in [-0.15, -0.1) is 0 Å². The van der Waals surface area contributed by atoms with Crippen LogP contribution in [0.2, 0.25) is 10.0 Å². The predicted molar refractivity (Wildman–Crippen MR) is 82.4 cm³/mol. The van der Waals surface area contributed by atoms with E-state index in [1.54, 1.807) is 30.3 Å². The Morgan fingerprint density at radius 2 is 1.57 bits per heavy atom. The van der Waals surface area contributed by atoms with Crippen LogP contribution in [0.15, 0.2) is 53.4 Å². The van der Waals surface area contributed by atoms with Gasteiger partial charge in [-0.25, -0.2) is 13.1 Å². The van der Waals surface area contributed by atoms with Gasteiger partial charge in [0.25, 0.3) is 0 Å². The molecule has 0 aromatic heterocycles. The van der Waals surface area contributed by atoms with Crippen LogP contribution in [0.4, 0.5) is 0 Å². The molecule has 7 heteroatoms. The Morgan fingerprint density at radius 3 is 2.14 bits per heavy atom. The third-order valence-electron chi connectivity index (χ3n) is 2.66. The number of halogens is 2. The Kier molecular flexibility index (Phi) is 5.00. The molecule has 2 aromatic carbocycles. The number of benzene rings is 2. The van der Waals surface area contributed by atoms with Crippen LogP contribution in [0.5, 0.6) is 0 Å². The van der Waals surface area contributed by atoms with E-state index >= 15 is 0 Å². The summed E-state index contributed by atoms with van der Waals surface area (Å²) in [5, 5.41) is 0.412. The predicted octanol–water partition coefficient (Wildman–Crippen LogP) is 3.15. The molecule has 0 fully saturated rings. The highest BCUT2D eigenvalue weighted by atomic mass is 35.5. The van der Waals surface area contributed by atoms with Crippen LogP contribution in [0, 0.1) is 0 Å². The first-order chi connectivity index (χ1) is 9.88. The third kappa shape index (κ3) is 4.28. The number of hydrogen-bond donors (Lipinski definition) is 1. The first-order valence-corrected chi connectivity index (χ1v) is 8.16. The first-order valence-electron chi connectivity index (χ1n) is 5.92. The molecule has 21 heavy (non-hydrogen) atoms. The van der Waals surface area contributed by atoms with E-state index in [4.69, 9.17) is 23.2 Å². The topological polar surface area (TPSA) is 63.2 Å². The minimum absolute atomic E-state index is 0.0825. The van der Waals surface area contributed by atoms with Crippen LogP contribution in [0.25, 0.3) is 0 Å². The third-order valence-corrected chi connectivity index (χ3v) is 4.48. The van der Waals surface area contributed by atoms with Gasteiger partial charge >= 0.3 is 0 Å². The molecule has 0 spiro atoms. The monoisotopic (exact) mass is 343 g/mol. The minimum Gasteiger partial charge on any atom is -0.293 e. The first kappa shape index (κ1) is 16.0. The molecular formula is C14H11Cl2NO3S. The van der Waals surface area contributed by atoms with E-state index in [2.05, 4.69) is 4.72 Å². The molecule has 0 amide bonds. The fourth-order valence-corrected chi connectivity index (χ4v) is 3.36. The Balaban J connectivity index is 2.13. The van der Waals surface area contributed by atoms with E-state index in [1.807, 2.05) is 0 Å². The van der Waals surface area contributed by atoms with Gasteiger partial charge in [-0.05, 0) is 18.2 Å². The van der Waals surface area contributed by atoms with E-state index in [0.717, 1.165) is 0 Å². The van der Waals surface area contributed by atoms with Crippen molar-refractivity contribution in [1.29, 1.82) is 0 Å². The quantitative estimate of drug-likeness (QED) is 0.848. The molecule has 110 valence electrons. The standard InChI is InChI=1S/C14H11Cl2NO3S/c15-11-6-12(16)8-13(7-11)21(19,20)17-9-14(18)10-4-2-1-3-5-10/h1-8,17H,9H2. The van der Waals surface area contributed by atoms with Crippen molar-refractivity contribution < 1.29 is 13.2 Å². The molecule has 2 aromatic rings. The number of rotatable bonds is 5. The largest absolute Gasteiger partial charge is 0.293 e. The summed E-state index contributed by atoms with van der Waals surface area (Å²) in [6, 6.07) is 12.4. The van der Waals surface area contributed by atoms with E-state index < -0.39 is 10.0 Å². The Labute approximate surface area is 132 Å². The van der Waals surface area contributed by atoms with Crippen molar-refractivity contribution >= 4 is 39.0 Å². The highest BCUT2D eigenvalue weighted by Gasteiger charge is 2.17. The summed E-state index contributed by atoms with van der Waals surface area (Å²) in [6.07, 6.45) is 0. The second kappa shape index (κ2) is 6.58. The van der Waals surface area contributed by atoms with Gasteiger partial charge in [0.15, 0.2) is 5.78 Å². The van der Waals surface area contributed by atoms with Crippen molar-refractivity contribution in [3.63, 3.8) is 0 Å². The lowest BCUT2D eigenvalue weighted by Crippen LogP contribution is -2.29. The van der Waals surface area contributed by atoms with Crippen LogP contribution in [0.3, 0.4) is 0 Å². The fraction of sp³-hybridized carbons (Fsp3) is 0.0714. The highest BCUT2D eigenvalue weighted by molar-refractivity contribution is 7.89.